The van der Waals surface area contributed by atoms with Gasteiger partial charge in [-0.15, -0.1) is 0 Å². The molecule has 1 amide bonds. The number of likely N-dealkylation sites (tertiary alicyclic amines) is 1. The Balaban J connectivity index is 1.98. The van der Waals surface area contributed by atoms with Gasteiger partial charge in [0.2, 0.25) is 0 Å². The van der Waals surface area contributed by atoms with Crippen molar-refractivity contribution >= 4 is 5.91 Å². The summed E-state index contributed by atoms with van der Waals surface area (Å²) in [6, 6.07) is 8.48. The molecule has 0 radical (unpaired) electrons. The van der Waals surface area contributed by atoms with Gasteiger partial charge in [-0.3, -0.25) is 9.69 Å². The quantitative estimate of drug-likeness (QED) is 0.877. The molecule has 1 heterocycles. The number of aliphatic hydroxyl groups is 1. The fourth-order valence-corrected chi connectivity index (χ4v) is 3.00. The molecule has 1 saturated heterocycles. The number of amides is 1. The average Bonchev–Trinajstić information content (AvgIpc) is 3.01. The van der Waals surface area contributed by atoms with E-state index < -0.39 is 0 Å². The summed E-state index contributed by atoms with van der Waals surface area (Å²) in [7, 11) is 0. The molecular formula is C18H28N2O2. The van der Waals surface area contributed by atoms with E-state index in [4.69, 9.17) is 0 Å². The van der Waals surface area contributed by atoms with Gasteiger partial charge in [0.1, 0.15) is 0 Å². The molecule has 4 heteroatoms. The summed E-state index contributed by atoms with van der Waals surface area (Å²) in [6.07, 6.45) is 0.903. The summed E-state index contributed by atoms with van der Waals surface area (Å²) in [4.78, 5) is 16.7. The van der Waals surface area contributed by atoms with Crippen molar-refractivity contribution in [3.05, 3.63) is 35.4 Å². The molecule has 1 aliphatic heterocycles. The number of hydrogen-bond acceptors (Lipinski definition) is 3. The van der Waals surface area contributed by atoms with Gasteiger partial charge in [-0.2, -0.15) is 0 Å². The van der Waals surface area contributed by atoms with Gasteiger partial charge >= 0.3 is 0 Å². The lowest BCUT2D eigenvalue weighted by atomic mass is 10.1. The summed E-state index contributed by atoms with van der Waals surface area (Å²) in [5, 5.41) is 9.18. The van der Waals surface area contributed by atoms with Crippen LogP contribution in [0.2, 0.25) is 0 Å². The fourth-order valence-electron chi connectivity index (χ4n) is 3.00. The SMILES string of the molecule is CCN(Cc1ccc(C(=O)N2CC[C@H](CO)C2)cc1)C(C)C. The molecule has 1 aromatic rings. The van der Waals surface area contributed by atoms with Crippen LogP contribution in [0.3, 0.4) is 0 Å². The average molecular weight is 304 g/mol. The third kappa shape index (κ3) is 4.08. The van der Waals surface area contributed by atoms with Crippen molar-refractivity contribution in [2.45, 2.75) is 39.8 Å². The second-order valence-electron chi connectivity index (χ2n) is 6.44. The molecule has 1 N–H and O–H groups in total. The van der Waals surface area contributed by atoms with Crippen molar-refractivity contribution in [1.82, 2.24) is 9.80 Å². The second-order valence-corrected chi connectivity index (χ2v) is 6.44. The number of carbonyl (C=O) groups excluding carboxylic acids is 1. The maximum atomic E-state index is 12.4. The molecule has 1 fully saturated rings. The molecule has 122 valence electrons. The molecule has 0 aliphatic carbocycles. The van der Waals surface area contributed by atoms with Crippen LogP contribution < -0.4 is 0 Å². The number of rotatable bonds is 6. The molecule has 2 rings (SSSR count). The smallest absolute Gasteiger partial charge is 0.253 e. The predicted octanol–water partition coefficient (Wildman–Crippen LogP) is 2.37. The molecule has 1 atom stereocenters. The monoisotopic (exact) mass is 304 g/mol. The lowest BCUT2D eigenvalue weighted by Crippen LogP contribution is -2.30. The normalized spacial score (nSPS) is 18.5. The van der Waals surface area contributed by atoms with Gasteiger partial charge in [0.05, 0.1) is 0 Å². The van der Waals surface area contributed by atoms with Crippen LogP contribution in [0, 0.1) is 5.92 Å². The van der Waals surface area contributed by atoms with E-state index in [-0.39, 0.29) is 18.4 Å². The number of hydrogen-bond donors (Lipinski definition) is 1. The number of aliphatic hydroxyl groups excluding tert-OH is 1. The Labute approximate surface area is 133 Å². The third-order valence-electron chi connectivity index (χ3n) is 4.55. The molecule has 0 spiro atoms. The first-order valence-corrected chi connectivity index (χ1v) is 8.28. The van der Waals surface area contributed by atoms with Crippen LogP contribution in [0.1, 0.15) is 43.1 Å². The van der Waals surface area contributed by atoms with E-state index in [1.54, 1.807) is 0 Å². The Morgan fingerprint density at radius 1 is 1.36 bits per heavy atom. The van der Waals surface area contributed by atoms with E-state index in [9.17, 15) is 9.90 Å². The minimum atomic E-state index is 0.0821. The predicted molar refractivity (Wildman–Crippen MR) is 88.8 cm³/mol. The summed E-state index contributed by atoms with van der Waals surface area (Å²) >= 11 is 0. The minimum absolute atomic E-state index is 0.0821. The molecule has 0 unspecified atom stereocenters. The number of benzene rings is 1. The molecule has 1 aliphatic rings. The lowest BCUT2D eigenvalue weighted by Gasteiger charge is -2.24. The van der Waals surface area contributed by atoms with Crippen LogP contribution in [0.25, 0.3) is 0 Å². The summed E-state index contributed by atoms with van der Waals surface area (Å²) in [5.74, 6) is 0.325. The Bertz CT molecular complexity index is 484. The van der Waals surface area contributed by atoms with Crippen molar-refractivity contribution in [2.24, 2.45) is 5.92 Å². The maximum Gasteiger partial charge on any atom is 0.253 e. The van der Waals surface area contributed by atoms with Gasteiger partial charge < -0.3 is 10.0 Å². The first-order chi connectivity index (χ1) is 10.5. The van der Waals surface area contributed by atoms with Crippen LogP contribution >= 0.6 is 0 Å². The van der Waals surface area contributed by atoms with Gasteiger partial charge in [0.15, 0.2) is 0 Å². The van der Waals surface area contributed by atoms with Crippen molar-refractivity contribution in [3.8, 4) is 0 Å². The first-order valence-electron chi connectivity index (χ1n) is 8.28. The van der Waals surface area contributed by atoms with Gasteiger partial charge in [-0.25, -0.2) is 0 Å². The van der Waals surface area contributed by atoms with Gasteiger partial charge in [-0.1, -0.05) is 19.1 Å². The summed E-state index contributed by atoms with van der Waals surface area (Å²) in [6.45, 7) is 10.1. The van der Waals surface area contributed by atoms with Gasteiger partial charge in [-0.05, 0) is 44.5 Å². The molecular weight excluding hydrogens is 276 g/mol. The van der Waals surface area contributed by atoms with E-state index in [1.165, 1.54) is 5.56 Å². The molecule has 4 nitrogen and oxygen atoms in total. The molecule has 1 aromatic carbocycles. The van der Waals surface area contributed by atoms with Crippen LogP contribution in [0.5, 0.6) is 0 Å². The zero-order valence-electron chi connectivity index (χ0n) is 14.0. The van der Waals surface area contributed by atoms with Crippen LogP contribution in [-0.2, 0) is 6.54 Å². The Kier molecular flexibility index (Phi) is 5.98. The molecule has 0 bridgehead atoms. The third-order valence-corrected chi connectivity index (χ3v) is 4.55. The highest BCUT2D eigenvalue weighted by atomic mass is 16.3. The van der Waals surface area contributed by atoms with Gasteiger partial charge in [0.25, 0.3) is 5.91 Å². The summed E-state index contributed by atoms with van der Waals surface area (Å²) in [5.41, 5.74) is 1.98. The second kappa shape index (κ2) is 7.75. The van der Waals surface area contributed by atoms with E-state index in [1.807, 2.05) is 17.0 Å². The number of carbonyl (C=O) groups is 1. The van der Waals surface area contributed by atoms with Crippen LogP contribution in [0.15, 0.2) is 24.3 Å². The van der Waals surface area contributed by atoms with E-state index >= 15 is 0 Å². The topological polar surface area (TPSA) is 43.8 Å². The van der Waals surface area contributed by atoms with Crippen LogP contribution in [0.4, 0.5) is 0 Å². The highest BCUT2D eigenvalue weighted by Crippen LogP contribution is 2.19. The Morgan fingerprint density at radius 3 is 2.55 bits per heavy atom. The van der Waals surface area contributed by atoms with E-state index in [0.29, 0.717) is 12.6 Å². The van der Waals surface area contributed by atoms with Gasteiger partial charge in [0, 0.05) is 43.8 Å². The Morgan fingerprint density at radius 2 is 2.05 bits per heavy atom. The van der Waals surface area contributed by atoms with Crippen molar-refractivity contribution in [1.29, 1.82) is 0 Å². The van der Waals surface area contributed by atoms with E-state index in [0.717, 1.165) is 31.6 Å². The van der Waals surface area contributed by atoms with Crippen molar-refractivity contribution in [2.75, 3.05) is 26.2 Å². The lowest BCUT2D eigenvalue weighted by molar-refractivity contribution is 0.0782. The molecule has 0 saturated carbocycles. The largest absolute Gasteiger partial charge is 0.396 e. The van der Waals surface area contributed by atoms with E-state index in [2.05, 4.69) is 37.8 Å². The zero-order valence-corrected chi connectivity index (χ0v) is 14.0. The molecule has 22 heavy (non-hydrogen) atoms. The zero-order chi connectivity index (χ0) is 16.1. The van der Waals surface area contributed by atoms with Crippen molar-refractivity contribution < 1.29 is 9.90 Å². The van der Waals surface area contributed by atoms with Crippen LogP contribution in [-0.4, -0.2) is 53.1 Å². The van der Waals surface area contributed by atoms with Crippen molar-refractivity contribution in [3.63, 3.8) is 0 Å². The number of nitrogens with zero attached hydrogens (tertiary/aromatic N) is 2. The minimum Gasteiger partial charge on any atom is -0.396 e. The standard InChI is InChI=1S/C18H28N2O2/c1-4-19(14(2)3)11-15-5-7-17(8-6-15)18(22)20-10-9-16(12-20)13-21/h5-8,14,16,21H,4,9-13H2,1-3H3/t16-/m0/s1. The first kappa shape index (κ1) is 17.0. The Hall–Kier alpha value is -1.39. The molecule has 0 aromatic heterocycles. The highest BCUT2D eigenvalue weighted by molar-refractivity contribution is 5.94. The highest BCUT2D eigenvalue weighted by Gasteiger charge is 2.26. The summed E-state index contributed by atoms with van der Waals surface area (Å²) < 4.78 is 0. The fraction of sp³-hybridized carbons (Fsp3) is 0.611. The maximum absolute atomic E-state index is 12.4.